The maximum absolute atomic E-state index is 12.6. The van der Waals surface area contributed by atoms with Gasteiger partial charge in [0, 0.05) is 25.9 Å². The summed E-state index contributed by atoms with van der Waals surface area (Å²) < 4.78 is 1.78. The molecule has 0 aliphatic carbocycles. The van der Waals surface area contributed by atoms with Gasteiger partial charge in [-0.25, -0.2) is 4.79 Å². The van der Waals surface area contributed by atoms with E-state index in [2.05, 4.69) is 5.10 Å². The van der Waals surface area contributed by atoms with E-state index in [9.17, 15) is 14.4 Å². The highest BCUT2D eigenvalue weighted by atomic mass is 32.1. The average Bonchev–Trinajstić information content (AvgIpc) is 3.39. The zero-order valence-corrected chi connectivity index (χ0v) is 16.7. The molecule has 4 amide bonds. The zero-order valence-electron chi connectivity index (χ0n) is 15.9. The van der Waals surface area contributed by atoms with Crippen LogP contribution < -0.4 is 0 Å². The molecule has 29 heavy (non-hydrogen) atoms. The lowest BCUT2D eigenvalue weighted by atomic mass is 10.1. The Balaban J connectivity index is 1.78. The molecular weight excluding hydrogens is 388 g/mol. The maximum atomic E-state index is 12.6. The Morgan fingerprint density at radius 1 is 0.966 bits per heavy atom. The third-order valence-electron chi connectivity index (χ3n) is 4.68. The number of rotatable bonds is 4. The van der Waals surface area contributed by atoms with Crippen LogP contribution in [0, 0.1) is 0 Å². The molecule has 0 bridgehead atoms. The topological polar surface area (TPSA) is 75.5 Å². The fourth-order valence-electron chi connectivity index (χ4n) is 3.13. The second-order valence-electron chi connectivity index (χ2n) is 6.66. The summed E-state index contributed by atoms with van der Waals surface area (Å²) in [6.45, 7) is 0.558. The number of likely N-dealkylation sites (N-methyl/N-ethyl adjacent to an activating group) is 2. The second kappa shape index (κ2) is 7.48. The molecule has 1 aliphatic rings. The van der Waals surface area contributed by atoms with E-state index in [1.807, 2.05) is 54.0 Å². The molecule has 0 spiro atoms. The summed E-state index contributed by atoms with van der Waals surface area (Å²) in [5.74, 6) is -1.24. The first-order chi connectivity index (χ1) is 14.0. The van der Waals surface area contributed by atoms with Gasteiger partial charge < -0.3 is 0 Å². The minimum absolute atomic E-state index is 0.0633. The highest BCUT2D eigenvalue weighted by Crippen LogP contribution is 2.29. The van der Waals surface area contributed by atoms with Crippen molar-refractivity contribution in [1.82, 2.24) is 19.6 Å². The van der Waals surface area contributed by atoms with Crippen molar-refractivity contribution < 1.29 is 14.4 Å². The molecule has 1 aliphatic heterocycles. The van der Waals surface area contributed by atoms with Crippen LogP contribution in [0.25, 0.3) is 16.6 Å². The first-order valence-electron chi connectivity index (χ1n) is 8.92. The first kappa shape index (κ1) is 18.8. The molecule has 4 rings (SSSR count). The van der Waals surface area contributed by atoms with E-state index >= 15 is 0 Å². The molecule has 0 atom stereocenters. The van der Waals surface area contributed by atoms with Crippen LogP contribution in [0.15, 0.2) is 59.6 Å². The second-order valence-corrected chi connectivity index (χ2v) is 7.61. The Bertz CT molecular complexity index is 1090. The molecule has 3 aromatic rings. The molecule has 146 valence electrons. The summed E-state index contributed by atoms with van der Waals surface area (Å²) in [6.07, 6.45) is 3.33. The van der Waals surface area contributed by atoms with Crippen LogP contribution >= 0.6 is 11.3 Å². The molecule has 1 fully saturated rings. The van der Waals surface area contributed by atoms with E-state index in [0.717, 1.165) is 20.2 Å². The Labute approximate surface area is 171 Å². The van der Waals surface area contributed by atoms with Crippen LogP contribution in [-0.2, 0) is 16.1 Å². The summed E-state index contributed by atoms with van der Waals surface area (Å²) in [5, 5.41) is 6.63. The van der Waals surface area contributed by atoms with Crippen LogP contribution in [0.4, 0.5) is 4.79 Å². The number of aromatic nitrogens is 2. The van der Waals surface area contributed by atoms with Crippen molar-refractivity contribution in [2.45, 2.75) is 6.54 Å². The number of hydrogen-bond acceptors (Lipinski definition) is 5. The standard InChI is InChI=1S/C21H18N4O3S/c1-23-19(26)16(20(27)24(2)21(23)28)11-15-13-25(12-14-7-4-3-5-8-14)22-18(15)17-9-6-10-29-17/h3-11,13H,12H2,1-2H3. The monoisotopic (exact) mass is 406 g/mol. The van der Waals surface area contributed by atoms with Crippen LogP contribution in [0.3, 0.4) is 0 Å². The molecule has 1 saturated heterocycles. The molecule has 0 radical (unpaired) electrons. The summed E-state index contributed by atoms with van der Waals surface area (Å²) in [7, 11) is 2.72. The Morgan fingerprint density at radius 3 is 2.28 bits per heavy atom. The van der Waals surface area contributed by atoms with Gasteiger partial charge in [-0.3, -0.25) is 24.1 Å². The van der Waals surface area contributed by atoms with E-state index in [1.54, 1.807) is 4.68 Å². The number of benzene rings is 1. The van der Waals surface area contributed by atoms with Crippen molar-refractivity contribution in [2.24, 2.45) is 0 Å². The van der Waals surface area contributed by atoms with Crippen LogP contribution in [0.5, 0.6) is 0 Å². The number of hydrogen-bond donors (Lipinski definition) is 0. The largest absolute Gasteiger partial charge is 0.333 e. The predicted octanol–water partition coefficient (Wildman–Crippen LogP) is 3.09. The van der Waals surface area contributed by atoms with Gasteiger partial charge in [0.25, 0.3) is 11.8 Å². The summed E-state index contributed by atoms with van der Waals surface area (Å²) in [6, 6.07) is 13.1. The highest BCUT2D eigenvalue weighted by Gasteiger charge is 2.38. The lowest BCUT2D eigenvalue weighted by Gasteiger charge is -2.28. The fourth-order valence-corrected chi connectivity index (χ4v) is 3.86. The normalized spacial score (nSPS) is 14.7. The van der Waals surface area contributed by atoms with Crippen molar-refractivity contribution >= 4 is 35.3 Å². The van der Waals surface area contributed by atoms with Crippen LogP contribution in [0.1, 0.15) is 11.1 Å². The Hall–Kier alpha value is -3.52. The van der Waals surface area contributed by atoms with Crippen molar-refractivity contribution in [3.63, 3.8) is 0 Å². The average molecular weight is 406 g/mol. The van der Waals surface area contributed by atoms with Gasteiger partial charge >= 0.3 is 6.03 Å². The van der Waals surface area contributed by atoms with Gasteiger partial charge in [0.15, 0.2) is 0 Å². The predicted molar refractivity (Wildman–Crippen MR) is 110 cm³/mol. The fraction of sp³-hybridized carbons (Fsp3) is 0.143. The zero-order chi connectivity index (χ0) is 20.5. The number of amides is 4. The first-order valence-corrected chi connectivity index (χ1v) is 9.80. The third-order valence-corrected chi connectivity index (χ3v) is 5.55. The smallest absolute Gasteiger partial charge is 0.268 e. The number of carbonyl (C=O) groups excluding carboxylic acids is 3. The summed E-state index contributed by atoms with van der Waals surface area (Å²) in [4.78, 5) is 39.9. The molecular formula is C21H18N4O3S. The quantitative estimate of drug-likeness (QED) is 0.493. The highest BCUT2D eigenvalue weighted by molar-refractivity contribution is 7.13. The van der Waals surface area contributed by atoms with Gasteiger partial charge in [-0.2, -0.15) is 5.10 Å². The SMILES string of the molecule is CN1C(=O)C(=Cc2cn(Cc3ccccc3)nc2-c2cccs2)C(=O)N(C)C1=O. The summed E-state index contributed by atoms with van der Waals surface area (Å²) >= 11 is 1.53. The minimum Gasteiger partial charge on any atom is -0.268 e. The molecule has 7 nitrogen and oxygen atoms in total. The number of barbiturate groups is 1. The van der Waals surface area contributed by atoms with Gasteiger partial charge in [-0.1, -0.05) is 36.4 Å². The molecule has 1 aromatic carbocycles. The molecule has 8 heteroatoms. The molecule has 0 saturated carbocycles. The Kier molecular flexibility index (Phi) is 4.85. The van der Waals surface area contributed by atoms with Crippen molar-refractivity contribution in [1.29, 1.82) is 0 Å². The number of imide groups is 2. The van der Waals surface area contributed by atoms with Crippen LogP contribution in [-0.4, -0.2) is 51.5 Å². The van der Waals surface area contributed by atoms with E-state index in [1.165, 1.54) is 31.5 Å². The van der Waals surface area contributed by atoms with Crippen LogP contribution in [0.2, 0.25) is 0 Å². The number of thiophene rings is 1. The van der Waals surface area contributed by atoms with E-state index in [0.29, 0.717) is 17.8 Å². The minimum atomic E-state index is -0.643. The summed E-state index contributed by atoms with van der Waals surface area (Å²) in [5.41, 5.74) is 2.36. The third kappa shape index (κ3) is 3.50. The number of urea groups is 1. The van der Waals surface area contributed by atoms with Gasteiger partial charge in [0.05, 0.1) is 11.4 Å². The van der Waals surface area contributed by atoms with Gasteiger partial charge in [-0.15, -0.1) is 11.3 Å². The molecule has 3 heterocycles. The van der Waals surface area contributed by atoms with Gasteiger partial charge in [0.2, 0.25) is 0 Å². The van der Waals surface area contributed by atoms with E-state index in [-0.39, 0.29) is 5.57 Å². The van der Waals surface area contributed by atoms with Crippen molar-refractivity contribution in [3.8, 4) is 10.6 Å². The Morgan fingerprint density at radius 2 is 1.66 bits per heavy atom. The van der Waals surface area contributed by atoms with E-state index in [4.69, 9.17) is 0 Å². The van der Waals surface area contributed by atoms with E-state index < -0.39 is 17.8 Å². The van der Waals surface area contributed by atoms with Crippen molar-refractivity contribution in [2.75, 3.05) is 14.1 Å². The van der Waals surface area contributed by atoms with Gasteiger partial charge in [0.1, 0.15) is 11.3 Å². The molecule has 0 N–H and O–H groups in total. The maximum Gasteiger partial charge on any atom is 0.333 e. The molecule has 0 unspecified atom stereocenters. The molecule has 2 aromatic heterocycles. The number of nitrogens with zero attached hydrogens (tertiary/aromatic N) is 4. The van der Waals surface area contributed by atoms with Gasteiger partial charge in [-0.05, 0) is 23.1 Å². The van der Waals surface area contributed by atoms with Crippen molar-refractivity contribution in [3.05, 3.63) is 70.7 Å². The number of carbonyl (C=O) groups is 3. The lowest BCUT2D eigenvalue weighted by molar-refractivity contribution is -0.134. The lowest BCUT2D eigenvalue weighted by Crippen LogP contribution is -2.52.